The predicted molar refractivity (Wildman–Crippen MR) is 83.4 cm³/mol. The summed E-state index contributed by atoms with van der Waals surface area (Å²) in [6.07, 6.45) is 0.790. The summed E-state index contributed by atoms with van der Waals surface area (Å²) in [7, 11) is 0. The van der Waals surface area contributed by atoms with Crippen molar-refractivity contribution in [2.75, 3.05) is 0 Å². The minimum Gasteiger partial charge on any atom is -0.436 e. The fraction of sp³-hybridized carbons (Fsp3) is 0.154. The summed E-state index contributed by atoms with van der Waals surface area (Å²) >= 11 is 6.47. The number of non-ortho nitro benzene ring substituents is 1. The number of aliphatic hydroxyl groups excluding tert-OH is 1. The van der Waals surface area contributed by atoms with Crippen LogP contribution in [0.1, 0.15) is 18.6 Å². The zero-order valence-corrected chi connectivity index (χ0v) is 14.0. The average Bonchev–Trinajstić information content (AvgIpc) is 2.42. The highest BCUT2D eigenvalue weighted by Crippen LogP contribution is 2.40. The summed E-state index contributed by atoms with van der Waals surface area (Å²) in [6, 6.07) is 6.06. The number of rotatable bonds is 4. The minimum atomic E-state index is -0.746. The van der Waals surface area contributed by atoms with Gasteiger partial charge in [-0.25, -0.2) is 4.98 Å². The van der Waals surface area contributed by atoms with Gasteiger partial charge in [0, 0.05) is 23.9 Å². The Hall–Kier alpha value is -1.51. The third-order valence-corrected chi connectivity index (χ3v) is 3.82. The quantitative estimate of drug-likeness (QED) is 0.589. The molecule has 6 nitrogen and oxygen atoms in total. The van der Waals surface area contributed by atoms with Crippen LogP contribution < -0.4 is 4.74 Å². The highest BCUT2D eigenvalue weighted by molar-refractivity contribution is 9.11. The van der Waals surface area contributed by atoms with Crippen molar-refractivity contribution in [2.45, 2.75) is 13.0 Å². The van der Waals surface area contributed by atoms with Crippen LogP contribution in [-0.4, -0.2) is 15.0 Å². The average molecular weight is 418 g/mol. The van der Waals surface area contributed by atoms with Gasteiger partial charge in [-0.3, -0.25) is 10.1 Å². The van der Waals surface area contributed by atoms with E-state index in [2.05, 4.69) is 36.8 Å². The van der Waals surface area contributed by atoms with E-state index in [0.717, 1.165) is 0 Å². The number of nitro benzene ring substituents is 1. The molecule has 0 saturated heterocycles. The number of nitrogens with zero attached hydrogens (tertiary/aromatic N) is 2. The standard InChI is InChI=1S/C13H10Br2N2O4/c1-7(18)9-3-2-4-16-13(9)21-12-10(14)5-8(17(19)20)6-11(12)15/h2-7,18H,1H3/t7-/m0/s1. The van der Waals surface area contributed by atoms with E-state index in [1.165, 1.54) is 18.3 Å². The molecule has 1 aromatic heterocycles. The third-order valence-electron chi connectivity index (χ3n) is 2.64. The molecule has 1 aromatic carbocycles. The smallest absolute Gasteiger partial charge is 0.271 e. The van der Waals surface area contributed by atoms with E-state index in [9.17, 15) is 15.2 Å². The normalized spacial score (nSPS) is 12.0. The number of ether oxygens (including phenoxy) is 1. The Morgan fingerprint density at radius 3 is 2.52 bits per heavy atom. The van der Waals surface area contributed by atoms with Gasteiger partial charge in [-0.15, -0.1) is 0 Å². The lowest BCUT2D eigenvalue weighted by Gasteiger charge is -2.13. The molecule has 2 rings (SSSR count). The first-order valence-electron chi connectivity index (χ1n) is 5.84. The summed E-state index contributed by atoms with van der Waals surface area (Å²) in [5.41, 5.74) is 0.451. The van der Waals surface area contributed by atoms with Crippen molar-refractivity contribution in [3.05, 3.63) is 55.1 Å². The van der Waals surface area contributed by atoms with Crippen LogP contribution in [-0.2, 0) is 0 Å². The molecule has 1 atom stereocenters. The van der Waals surface area contributed by atoms with E-state index in [4.69, 9.17) is 4.74 Å². The van der Waals surface area contributed by atoms with Crippen LogP contribution in [0.25, 0.3) is 0 Å². The van der Waals surface area contributed by atoms with Crippen LogP contribution in [0.4, 0.5) is 5.69 Å². The number of aromatic nitrogens is 1. The van der Waals surface area contributed by atoms with Crippen molar-refractivity contribution in [1.82, 2.24) is 4.98 Å². The summed E-state index contributed by atoms with van der Waals surface area (Å²) in [5, 5.41) is 20.5. The second-order valence-corrected chi connectivity index (χ2v) is 5.88. The van der Waals surface area contributed by atoms with E-state index in [-0.39, 0.29) is 11.6 Å². The van der Waals surface area contributed by atoms with Gasteiger partial charge in [0.25, 0.3) is 5.69 Å². The molecule has 0 radical (unpaired) electrons. The maximum Gasteiger partial charge on any atom is 0.271 e. The summed E-state index contributed by atoms with van der Waals surface area (Å²) in [5.74, 6) is 0.587. The molecule has 2 aromatic rings. The van der Waals surface area contributed by atoms with Gasteiger partial charge >= 0.3 is 0 Å². The van der Waals surface area contributed by atoms with Crippen LogP contribution in [0.3, 0.4) is 0 Å². The van der Waals surface area contributed by atoms with Crippen molar-refractivity contribution >= 4 is 37.5 Å². The van der Waals surface area contributed by atoms with Crippen molar-refractivity contribution in [3.63, 3.8) is 0 Å². The lowest BCUT2D eigenvalue weighted by atomic mass is 10.2. The Balaban J connectivity index is 2.43. The lowest BCUT2D eigenvalue weighted by molar-refractivity contribution is -0.385. The molecule has 1 N–H and O–H groups in total. The number of pyridine rings is 1. The Bertz CT molecular complexity index is 669. The molecule has 21 heavy (non-hydrogen) atoms. The second-order valence-electron chi connectivity index (χ2n) is 4.17. The zero-order chi connectivity index (χ0) is 15.6. The Kier molecular flexibility index (Phi) is 4.92. The molecule has 8 heteroatoms. The number of halogens is 2. The van der Waals surface area contributed by atoms with Gasteiger partial charge in [-0.2, -0.15) is 0 Å². The van der Waals surface area contributed by atoms with E-state index < -0.39 is 11.0 Å². The molecule has 0 fully saturated rings. The zero-order valence-electron chi connectivity index (χ0n) is 10.8. The lowest BCUT2D eigenvalue weighted by Crippen LogP contribution is -1.99. The van der Waals surface area contributed by atoms with Crippen molar-refractivity contribution < 1.29 is 14.8 Å². The van der Waals surface area contributed by atoms with E-state index in [1.807, 2.05) is 0 Å². The number of benzene rings is 1. The van der Waals surface area contributed by atoms with E-state index in [1.54, 1.807) is 19.1 Å². The maximum atomic E-state index is 10.8. The molecule has 110 valence electrons. The largest absolute Gasteiger partial charge is 0.436 e. The van der Waals surface area contributed by atoms with Crippen molar-refractivity contribution in [2.24, 2.45) is 0 Å². The summed E-state index contributed by atoms with van der Waals surface area (Å²) in [4.78, 5) is 14.4. The number of hydrogen-bond donors (Lipinski definition) is 1. The number of aliphatic hydroxyl groups is 1. The van der Waals surface area contributed by atoms with Crippen molar-refractivity contribution in [3.8, 4) is 11.6 Å². The van der Waals surface area contributed by atoms with Gasteiger partial charge in [0.15, 0.2) is 5.75 Å². The first kappa shape index (κ1) is 15.9. The highest BCUT2D eigenvalue weighted by atomic mass is 79.9. The number of nitro groups is 1. The number of hydrogen-bond acceptors (Lipinski definition) is 5. The predicted octanol–water partition coefficient (Wildman–Crippen LogP) is 4.36. The molecule has 0 aliphatic heterocycles. The van der Waals surface area contributed by atoms with Crippen molar-refractivity contribution in [1.29, 1.82) is 0 Å². The van der Waals surface area contributed by atoms with Gasteiger partial charge in [-0.05, 0) is 50.9 Å². The SMILES string of the molecule is C[C@H](O)c1cccnc1Oc1c(Br)cc([N+](=O)[O-])cc1Br. The van der Waals surface area contributed by atoms with Crippen LogP contribution in [0.15, 0.2) is 39.4 Å². The van der Waals surface area contributed by atoms with E-state index in [0.29, 0.717) is 20.3 Å². The highest BCUT2D eigenvalue weighted by Gasteiger charge is 2.18. The summed E-state index contributed by atoms with van der Waals surface area (Å²) in [6.45, 7) is 1.60. The molecular formula is C13H10Br2N2O4. The fourth-order valence-electron chi connectivity index (χ4n) is 1.65. The molecule has 0 saturated carbocycles. The Labute approximate surface area is 137 Å². The van der Waals surface area contributed by atoms with Gasteiger partial charge in [0.2, 0.25) is 5.88 Å². The molecule has 0 unspecified atom stereocenters. The minimum absolute atomic E-state index is 0.0714. The molecule has 0 bridgehead atoms. The van der Waals surface area contributed by atoms with Gasteiger partial charge in [0.1, 0.15) is 0 Å². The van der Waals surface area contributed by atoms with Crippen LogP contribution >= 0.6 is 31.9 Å². The maximum absolute atomic E-state index is 10.8. The van der Waals surface area contributed by atoms with Crippen LogP contribution in [0, 0.1) is 10.1 Å². The molecule has 1 heterocycles. The monoisotopic (exact) mass is 416 g/mol. The molecule has 0 aliphatic carbocycles. The second kappa shape index (κ2) is 6.50. The first-order chi connectivity index (χ1) is 9.90. The van der Waals surface area contributed by atoms with E-state index >= 15 is 0 Å². The third kappa shape index (κ3) is 3.58. The van der Waals surface area contributed by atoms with Gasteiger partial charge in [0.05, 0.1) is 20.0 Å². The Morgan fingerprint density at radius 1 is 1.38 bits per heavy atom. The molecule has 0 aliphatic rings. The van der Waals surface area contributed by atoms with Crippen LogP contribution in [0.5, 0.6) is 11.6 Å². The van der Waals surface area contributed by atoms with Gasteiger partial charge < -0.3 is 9.84 Å². The molecular weight excluding hydrogens is 408 g/mol. The topological polar surface area (TPSA) is 85.5 Å². The van der Waals surface area contributed by atoms with Gasteiger partial charge in [-0.1, -0.05) is 0 Å². The van der Waals surface area contributed by atoms with Crippen LogP contribution in [0.2, 0.25) is 0 Å². The summed E-state index contributed by atoms with van der Waals surface area (Å²) < 4.78 is 6.50. The molecule has 0 amide bonds. The fourth-order valence-corrected chi connectivity index (χ4v) is 2.98. The Morgan fingerprint density at radius 2 is 2.00 bits per heavy atom. The molecule has 0 spiro atoms. The first-order valence-corrected chi connectivity index (χ1v) is 7.43.